The van der Waals surface area contributed by atoms with Crippen LogP contribution in [0.1, 0.15) is 29.6 Å². The molecular formula is C17H25N3O3. The Morgan fingerprint density at radius 3 is 2.91 bits per heavy atom. The van der Waals surface area contributed by atoms with Gasteiger partial charge in [0.2, 0.25) is 0 Å². The molecule has 23 heavy (non-hydrogen) atoms. The molecule has 2 saturated heterocycles. The van der Waals surface area contributed by atoms with Crippen molar-refractivity contribution in [1.29, 1.82) is 0 Å². The molecule has 1 aromatic heterocycles. The summed E-state index contributed by atoms with van der Waals surface area (Å²) >= 11 is 0. The lowest BCUT2D eigenvalue weighted by Crippen LogP contribution is -2.56. The van der Waals surface area contributed by atoms with Crippen LogP contribution in [0.5, 0.6) is 0 Å². The normalized spacial score (nSPS) is 26.8. The number of rotatable bonds is 4. The second kappa shape index (κ2) is 7.86. The van der Waals surface area contributed by atoms with Gasteiger partial charge < -0.3 is 15.2 Å². The smallest absolute Gasteiger partial charge is 0.253 e. The monoisotopic (exact) mass is 319 g/mol. The molecule has 0 saturated carbocycles. The predicted octanol–water partition coefficient (Wildman–Crippen LogP) is 0.673. The largest absolute Gasteiger partial charge is 0.396 e. The van der Waals surface area contributed by atoms with Crippen molar-refractivity contribution >= 4 is 5.91 Å². The van der Waals surface area contributed by atoms with Gasteiger partial charge in [-0.05, 0) is 37.9 Å². The van der Waals surface area contributed by atoms with Gasteiger partial charge in [0.05, 0.1) is 5.56 Å². The number of nitrogens with one attached hydrogen (secondary N) is 1. The minimum absolute atomic E-state index is 0.0238. The molecule has 0 bridgehead atoms. The average molecular weight is 319 g/mol. The van der Waals surface area contributed by atoms with Gasteiger partial charge >= 0.3 is 0 Å². The fourth-order valence-electron chi connectivity index (χ4n) is 3.54. The molecule has 1 aromatic rings. The third-order valence-corrected chi connectivity index (χ3v) is 4.97. The van der Waals surface area contributed by atoms with Crippen LogP contribution in [0.3, 0.4) is 0 Å². The predicted molar refractivity (Wildman–Crippen MR) is 86.1 cm³/mol. The number of piperidine rings is 1. The van der Waals surface area contributed by atoms with Gasteiger partial charge in [0.25, 0.3) is 5.91 Å². The number of aromatic nitrogens is 1. The molecule has 0 radical (unpaired) electrons. The van der Waals surface area contributed by atoms with Crippen molar-refractivity contribution < 1.29 is 14.6 Å². The Morgan fingerprint density at radius 2 is 2.22 bits per heavy atom. The van der Waals surface area contributed by atoms with Crippen molar-refractivity contribution in [2.24, 2.45) is 5.92 Å². The highest BCUT2D eigenvalue weighted by atomic mass is 16.5. The number of aliphatic hydroxyl groups is 1. The molecule has 2 aliphatic heterocycles. The van der Waals surface area contributed by atoms with Crippen molar-refractivity contribution in [3.05, 3.63) is 30.1 Å². The summed E-state index contributed by atoms with van der Waals surface area (Å²) in [7, 11) is 0. The van der Waals surface area contributed by atoms with Gasteiger partial charge in [0, 0.05) is 56.8 Å². The number of hydrogen-bond donors (Lipinski definition) is 2. The van der Waals surface area contributed by atoms with Crippen LogP contribution in [0.25, 0.3) is 0 Å². The molecule has 2 N–H and O–H groups in total. The third-order valence-electron chi connectivity index (χ3n) is 4.97. The first-order valence-corrected chi connectivity index (χ1v) is 8.41. The van der Waals surface area contributed by atoms with Crippen molar-refractivity contribution in [1.82, 2.24) is 15.2 Å². The minimum Gasteiger partial charge on any atom is -0.396 e. The summed E-state index contributed by atoms with van der Waals surface area (Å²) in [5.41, 5.74) is 0.562. The third kappa shape index (κ3) is 4.07. The fraction of sp³-hybridized carbons (Fsp3) is 0.647. The van der Waals surface area contributed by atoms with Gasteiger partial charge in [-0.3, -0.25) is 14.7 Å². The van der Waals surface area contributed by atoms with Crippen LogP contribution >= 0.6 is 0 Å². The summed E-state index contributed by atoms with van der Waals surface area (Å²) < 4.78 is 5.44. The molecule has 0 spiro atoms. The van der Waals surface area contributed by atoms with Crippen LogP contribution in [-0.4, -0.2) is 65.9 Å². The van der Waals surface area contributed by atoms with E-state index in [0.717, 1.165) is 45.6 Å². The van der Waals surface area contributed by atoms with E-state index in [1.807, 2.05) is 0 Å². The Kier molecular flexibility index (Phi) is 5.59. The fourth-order valence-corrected chi connectivity index (χ4v) is 3.54. The molecule has 3 rings (SSSR count). The topological polar surface area (TPSA) is 74.7 Å². The number of carbonyl (C=O) groups is 1. The summed E-state index contributed by atoms with van der Waals surface area (Å²) in [5.74, 6) is 0.00193. The molecular weight excluding hydrogens is 294 g/mol. The van der Waals surface area contributed by atoms with E-state index in [4.69, 9.17) is 4.74 Å². The van der Waals surface area contributed by atoms with Crippen LogP contribution in [0, 0.1) is 5.92 Å². The van der Waals surface area contributed by atoms with E-state index < -0.39 is 0 Å². The van der Waals surface area contributed by atoms with Gasteiger partial charge in [0.15, 0.2) is 0 Å². The molecule has 1 amide bonds. The first-order chi connectivity index (χ1) is 11.3. The Labute approximate surface area is 136 Å². The number of ether oxygens (including phenoxy) is 1. The Morgan fingerprint density at radius 1 is 1.39 bits per heavy atom. The van der Waals surface area contributed by atoms with Gasteiger partial charge in [-0.2, -0.15) is 0 Å². The molecule has 3 heterocycles. The highest BCUT2D eigenvalue weighted by molar-refractivity contribution is 5.94. The van der Waals surface area contributed by atoms with Crippen molar-refractivity contribution in [2.45, 2.75) is 31.3 Å². The standard InChI is InChI=1S/C17H25N3O3/c21-12-14-3-7-20(15-4-8-23-9-5-15)11-16(14)19-17(22)13-2-1-6-18-10-13/h1-2,6,10,14-16,21H,3-5,7-9,11-12H2,(H,19,22)/t14-,16-/m1/s1. The van der Waals surface area contributed by atoms with Gasteiger partial charge in [-0.1, -0.05) is 0 Å². The first kappa shape index (κ1) is 16.4. The quantitative estimate of drug-likeness (QED) is 0.853. The Bertz CT molecular complexity index is 505. The molecule has 0 aliphatic carbocycles. The second-order valence-electron chi connectivity index (χ2n) is 6.39. The maximum absolute atomic E-state index is 12.4. The SMILES string of the molecule is O=C(N[C@@H]1CN(C2CCOCC2)CC[C@@H]1CO)c1cccnc1. The van der Waals surface area contributed by atoms with Gasteiger partial charge in [-0.15, -0.1) is 0 Å². The average Bonchev–Trinajstić information content (AvgIpc) is 2.63. The van der Waals surface area contributed by atoms with Crippen LogP contribution in [0.2, 0.25) is 0 Å². The molecule has 6 heteroatoms. The summed E-state index contributed by atoms with van der Waals surface area (Å²) in [6.07, 6.45) is 6.23. The summed E-state index contributed by atoms with van der Waals surface area (Å²) in [6, 6.07) is 4.02. The Balaban J connectivity index is 1.63. The van der Waals surface area contributed by atoms with Crippen LogP contribution in [-0.2, 0) is 4.74 Å². The van der Waals surface area contributed by atoms with E-state index in [2.05, 4.69) is 15.2 Å². The lowest BCUT2D eigenvalue weighted by atomic mass is 9.90. The number of carbonyl (C=O) groups excluding carboxylic acids is 1. The van der Waals surface area contributed by atoms with E-state index in [1.165, 1.54) is 0 Å². The molecule has 6 nitrogen and oxygen atoms in total. The molecule has 0 aromatic carbocycles. The van der Waals surface area contributed by atoms with Crippen LogP contribution in [0.4, 0.5) is 0 Å². The number of amides is 1. The van der Waals surface area contributed by atoms with E-state index in [-0.39, 0.29) is 24.5 Å². The zero-order valence-electron chi connectivity index (χ0n) is 13.4. The highest BCUT2D eigenvalue weighted by Crippen LogP contribution is 2.23. The lowest BCUT2D eigenvalue weighted by Gasteiger charge is -2.43. The molecule has 2 fully saturated rings. The maximum Gasteiger partial charge on any atom is 0.253 e. The number of nitrogens with zero attached hydrogens (tertiary/aromatic N) is 2. The van der Waals surface area contributed by atoms with Crippen molar-refractivity contribution in [2.75, 3.05) is 32.9 Å². The molecule has 0 unspecified atom stereocenters. The van der Waals surface area contributed by atoms with E-state index in [9.17, 15) is 9.90 Å². The van der Waals surface area contributed by atoms with Gasteiger partial charge in [0.1, 0.15) is 0 Å². The molecule has 2 aliphatic rings. The van der Waals surface area contributed by atoms with Gasteiger partial charge in [-0.25, -0.2) is 0 Å². The van der Waals surface area contributed by atoms with E-state index in [0.29, 0.717) is 11.6 Å². The maximum atomic E-state index is 12.4. The van der Waals surface area contributed by atoms with Crippen LogP contribution in [0.15, 0.2) is 24.5 Å². The Hall–Kier alpha value is -1.50. The number of aliphatic hydroxyl groups excluding tert-OH is 1. The molecule has 2 atom stereocenters. The first-order valence-electron chi connectivity index (χ1n) is 8.41. The summed E-state index contributed by atoms with van der Waals surface area (Å²) in [6.45, 7) is 3.52. The highest BCUT2D eigenvalue weighted by Gasteiger charge is 2.33. The second-order valence-corrected chi connectivity index (χ2v) is 6.39. The summed E-state index contributed by atoms with van der Waals surface area (Å²) in [4.78, 5) is 18.8. The van der Waals surface area contributed by atoms with Crippen molar-refractivity contribution in [3.8, 4) is 0 Å². The summed E-state index contributed by atoms with van der Waals surface area (Å²) in [5, 5.41) is 12.7. The van der Waals surface area contributed by atoms with E-state index in [1.54, 1.807) is 24.5 Å². The number of likely N-dealkylation sites (tertiary alicyclic amines) is 1. The minimum atomic E-state index is -0.115. The van der Waals surface area contributed by atoms with E-state index >= 15 is 0 Å². The number of pyridine rings is 1. The zero-order chi connectivity index (χ0) is 16.1. The van der Waals surface area contributed by atoms with Crippen molar-refractivity contribution in [3.63, 3.8) is 0 Å². The molecule has 126 valence electrons. The zero-order valence-corrected chi connectivity index (χ0v) is 13.4. The lowest BCUT2D eigenvalue weighted by molar-refractivity contribution is 0.00618. The van der Waals surface area contributed by atoms with Crippen LogP contribution < -0.4 is 5.32 Å². The number of hydrogen-bond acceptors (Lipinski definition) is 5.